The van der Waals surface area contributed by atoms with Crippen LogP contribution in [0.3, 0.4) is 0 Å². The molecule has 0 aliphatic carbocycles. The fraction of sp³-hybridized carbons (Fsp3) is 0.733. The molecule has 1 aromatic heterocycles. The topological polar surface area (TPSA) is 21.3 Å². The predicted octanol–water partition coefficient (Wildman–Crippen LogP) is 3.91. The quantitative estimate of drug-likeness (QED) is 0.896. The Morgan fingerprint density at radius 1 is 1.33 bits per heavy atom. The van der Waals surface area contributed by atoms with E-state index in [0.717, 1.165) is 6.42 Å². The standard InChI is InChI=1S/C15H25NOS/c1-10-7-8-12(18-10)13(16-6)11-9-14(2,3)17-15(11,4)5/h7-8,11,13,16H,9H2,1-6H3. The first-order chi connectivity index (χ1) is 8.25. The molecule has 1 aromatic rings. The van der Waals surface area contributed by atoms with Gasteiger partial charge in [-0.1, -0.05) is 0 Å². The molecule has 2 atom stereocenters. The van der Waals surface area contributed by atoms with Crippen molar-refractivity contribution in [1.29, 1.82) is 0 Å². The van der Waals surface area contributed by atoms with E-state index in [4.69, 9.17) is 4.74 Å². The Balaban J connectivity index is 2.28. The van der Waals surface area contributed by atoms with Crippen LogP contribution in [-0.4, -0.2) is 18.2 Å². The molecule has 0 bridgehead atoms. The van der Waals surface area contributed by atoms with Crippen LogP contribution < -0.4 is 5.32 Å². The van der Waals surface area contributed by atoms with Gasteiger partial charge in [0.05, 0.1) is 11.2 Å². The summed E-state index contributed by atoms with van der Waals surface area (Å²) in [6, 6.07) is 4.85. The molecular formula is C15H25NOS. The first kappa shape index (κ1) is 14.0. The molecule has 0 spiro atoms. The van der Waals surface area contributed by atoms with Crippen LogP contribution in [0.1, 0.15) is 49.9 Å². The molecule has 2 unspecified atom stereocenters. The van der Waals surface area contributed by atoms with Gasteiger partial charge in [0, 0.05) is 21.7 Å². The van der Waals surface area contributed by atoms with E-state index < -0.39 is 0 Å². The molecule has 0 aromatic carbocycles. The van der Waals surface area contributed by atoms with Gasteiger partial charge in [-0.3, -0.25) is 0 Å². The zero-order valence-corrected chi connectivity index (χ0v) is 13.1. The van der Waals surface area contributed by atoms with E-state index in [-0.39, 0.29) is 11.2 Å². The summed E-state index contributed by atoms with van der Waals surface area (Å²) in [5.41, 5.74) is -0.0926. The van der Waals surface area contributed by atoms with E-state index in [2.05, 4.69) is 59.1 Å². The summed E-state index contributed by atoms with van der Waals surface area (Å²) < 4.78 is 6.22. The van der Waals surface area contributed by atoms with E-state index in [1.54, 1.807) is 0 Å². The first-order valence-corrected chi connectivity index (χ1v) is 7.50. The fourth-order valence-electron chi connectivity index (χ4n) is 3.29. The van der Waals surface area contributed by atoms with Crippen LogP contribution in [-0.2, 0) is 4.74 Å². The molecule has 0 saturated carbocycles. The van der Waals surface area contributed by atoms with Gasteiger partial charge in [-0.25, -0.2) is 0 Å². The van der Waals surface area contributed by atoms with E-state index in [1.807, 2.05) is 11.3 Å². The zero-order chi connectivity index (χ0) is 13.6. The van der Waals surface area contributed by atoms with Gasteiger partial charge in [-0.05, 0) is 60.2 Å². The molecule has 3 heteroatoms. The summed E-state index contributed by atoms with van der Waals surface area (Å²) in [5.74, 6) is 0.510. The number of hydrogen-bond acceptors (Lipinski definition) is 3. The van der Waals surface area contributed by atoms with Crippen LogP contribution in [0.15, 0.2) is 12.1 Å². The van der Waals surface area contributed by atoms with Crippen molar-refractivity contribution in [2.45, 2.75) is 58.3 Å². The molecule has 102 valence electrons. The Labute approximate surface area is 115 Å². The lowest BCUT2D eigenvalue weighted by atomic mass is 9.81. The molecule has 0 amide bonds. The monoisotopic (exact) mass is 267 g/mol. The lowest BCUT2D eigenvalue weighted by Gasteiger charge is -2.32. The Morgan fingerprint density at radius 2 is 2.00 bits per heavy atom. The van der Waals surface area contributed by atoms with Gasteiger partial charge in [-0.15, -0.1) is 11.3 Å². The Bertz CT molecular complexity index is 422. The number of aryl methyl sites for hydroxylation is 1. The van der Waals surface area contributed by atoms with Crippen LogP contribution in [0.25, 0.3) is 0 Å². The summed E-state index contributed by atoms with van der Waals surface area (Å²) in [6.45, 7) is 11.0. The van der Waals surface area contributed by atoms with Crippen molar-refractivity contribution in [1.82, 2.24) is 5.32 Å². The highest BCUT2D eigenvalue weighted by Gasteiger charge is 2.49. The summed E-state index contributed by atoms with van der Waals surface area (Å²) in [5, 5.41) is 3.50. The van der Waals surface area contributed by atoms with Gasteiger partial charge in [-0.2, -0.15) is 0 Å². The van der Waals surface area contributed by atoms with Gasteiger partial charge in [0.15, 0.2) is 0 Å². The molecule has 1 aliphatic heterocycles. The SMILES string of the molecule is CNC(c1ccc(C)s1)C1CC(C)(C)OC1(C)C. The molecule has 0 radical (unpaired) electrons. The number of rotatable bonds is 3. The molecule has 1 fully saturated rings. The second-order valence-corrected chi connectivity index (χ2v) is 7.81. The first-order valence-electron chi connectivity index (χ1n) is 6.69. The highest BCUT2D eigenvalue weighted by Crippen LogP contribution is 2.48. The maximum absolute atomic E-state index is 6.22. The van der Waals surface area contributed by atoms with Gasteiger partial charge >= 0.3 is 0 Å². The second kappa shape index (κ2) is 4.62. The number of hydrogen-bond donors (Lipinski definition) is 1. The smallest absolute Gasteiger partial charge is 0.0681 e. The van der Waals surface area contributed by atoms with Gasteiger partial charge < -0.3 is 10.1 Å². The molecule has 2 nitrogen and oxygen atoms in total. The van der Waals surface area contributed by atoms with Crippen molar-refractivity contribution in [2.24, 2.45) is 5.92 Å². The van der Waals surface area contributed by atoms with Crippen LogP contribution >= 0.6 is 11.3 Å². The lowest BCUT2D eigenvalue weighted by molar-refractivity contribution is -0.0775. The normalized spacial score (nSPS) is 27.3. The fourth-order valence-corrected chi connectivity index (χ4v) is 4.34. The van der Waals surface area contributed by atoms with Crippen molar-refractivity contribution >= 4 is 11.3 Å². The van der Waals surface area contributed by atoms with Crippen molar-refractivity contribution in [3.05, 3.63) is 21.9 Å². The molecule has 2 heterocycles. The highest BCUT2D eigenvalue weighted by atomic mass is 32.1. The molecule has 1 saturated heterocycles. The highest BCUT2D eigenvalue weighted by molar-refractivity contribution is 7.12. The summed E-state index contributed by atoms with van der Waals surface area (Å²) >= 11 is 1.89. The number of ether oxygens (including phenoxy) is 1. The summed E-state index contributed by atoms with van der Waals surface area (Å²) in [6.07, 6.45) is 1.10. The summed E-state index contributed by atoms with van der Waals surface area (Å²) in [7, 11) is 2.06. The Hall–Kier alpha value is -0.380. The third kappa shape index (κ3) is 2.63. The van der Waals surface area contributed by atoms with E-state index in [1.165, 1.54) is 9.75 Å². The van der Waals surface area contributed by atoms with Crippen molar-refractivity contribution < 1.29 is 4.74 Å². The van der Waals surface area contributed by atoms with Crippen molar-refractivity contribution in [2.75, 3.05) is 7.05 Å². The van der Waals surface area contributed by atoms with E-state index in [0.29, 0.717) is 12.0 Å². The van der Waals surface area contributed by atoms with Crippen molar-refractivity contribution in [3.8, 4) is 0 Å². The lowest BCUT2D eigenvalue weighted by Crippen LogP contribution is -2.36. The van der Waals surface area contributed by atoms with Gasteiger partial charge in [0.1, 0.15) is 0 Å². The van der Waals surface area contributed by atoms with Crippen LogP contribution in [0.4, 0.5) is 0 Å². The predicted molar refractivity (Wildman–Crippen MR) is 78.2 cm³/mol. The van der Waals surface area contributed by atoms with Crippen LogP contribution in [0, 0.1) is 12.8 Å². The minimum Gasteiger partial charge on any atom is -0.369 e. The third-order valence-electron chi connectivity index (χ3n) is 3.92. The van der Waals surface area contributed by atoms with E-state index >= 15 is 0 Å². The molecular weight excluding hydrogens is 242 g/mol. The van der Waals surface area contributed by atoms with Gasteiger partial charge in [0.2, 0.25) is 0 Å². The van der Waals surface area contributed by atoms with Crippen molar-refractivity contribution in [3.63, 3.8) is 0 Å². The summed E-state index contributed by atoms with van der Waals surface area (Å²) in [4.78, 5) is 2.80. The third-order valence-corrected chi connectivity index (χ3v) is 5.01. The average molecular weight is 267 g/mol. The maximum atomic E-state index is 6.22. The molecule has 2 rings (SSSR count). The minimum atomic E-state index is -0.0743. The largest absolute Gasteiger partial charge is 0.369 e. The Morgan fingerprint density at radius 3 is 2.39 bits per heavy atom. The average Bonchev–Trinajstić information content (AvgIpc) is 2.70. The number of thiophene rings is 1. The van der Waals surface area contributed by atoms with Gasteiger partial charge in [0.25, 0.3) is 0 Å². The number of nitrogens with one attached hydrogen (secondary N) is 1. The van der Waals surface area contributed by atoms with Crippen LogP contribution in [0.2, 0.25) is 0 Å². The molecule has 1 N–H and O–H groups in total. The zero-order valence-electron chi connectivity index (χ0n) is 12.3. The maximum Gasteiger partial charge on any atom is 0.0681 e. The minimum absolute atomic E-state index is 0.0183. The van der Waals surface area contributed by atoms with E-state index in [9.17, 15) is 0 Å². The Kier molecular flexibility index (Phi) is 3.60. The molecule has 1 aliphatic rings. The second-order valence-electron chi connectivity index (χ2n) is 6.49. The van der Waals surface area contributed by atoms with Crippen LogP contribution in [0.5, 0.6) is 0 Å². The molecule has 18 heavy (non-hydrogen) atoms.